The molecule has 1 amide bonds. The Morgan fingerprint density at radius 3 is 2.45 bits per heavy atom. The number of carbonyl (C=O) groups is 3. The number of hydrogen-bond donors (Lipinski definition) is 3. The van der Waals surface area contributed by atoms with Crippen LogP contribution in [0.1, 0.15) is 16.9 Å². The molecule has 1 aromatic heterocycles. The van der Waals surface area contributed by atoms with E-state index < -0.39 is 35.2 Å². The first-order valence-electron chi connectivity index (χ1n) is 5.28. The lowest BCUT2D eigenvalue weighted by atomic mass is 10.2. The van der Waals surface area contributed by atoms with Gasteiger partial charge in [0.2, 0.25) is 0 Å². The molecule has 108 valence electrons. The Morgan fingerprint density at radius 2 is 2.05 bits per heavy atom. The van der Waals surface area contributed by atoms with E-state index in [1.54, 1.807) is 0 Å². The van der Waals surface area contributed by atoms with Crippen molar-refractivity contribution in [2.24, 2.45) is 7.05 Å². The number of nitrogens with zero attached hydrogens (tertiary/aromatic N) is 2. The van der Waals surface area contributed by atoms with Gasteiger partial charge in [-0.3, -0.25) is 19.7 Å². The van der Waals surface area contributed by atoms with Crippen LogP contribution >= 0.6 is 0 Å². The van der Waals surface area contributed by atoms with Crippen molar-refractivity contribution >= 4 is 23.5 Å². The Hall–Kier alpha value is -2.91. The maximum atomic E-state index is 11.8. The quantitative estimate of drug-likeness (QED) is 0.474. The number of nitro groups is 1. The van der Waals surface area contributed by atoms with E-state index in [0.29, 0.717) is 0 Å². The molecule has 0 saturated heterocycles. The van der Waals surface area contributed by atoms with Crippen molar-refractivity contribution in [2.75, 3.05) is 0 Å². The summed E-state index contributed by atoms with van der Waals surface area (Å²) in [4.78, 5) is 42.9. The van der Waals surface area contributed by atoms with Gasteiger partial charge in [0.15, 0.2) is 0 Å². The fourth-order valence-corrected chi connectivity index (χ4v) is 1.48. The highest BCUT2D eigenvalue weighted by molar-refractivity contribution is 5.96. The third-order valence-corrected chi connectivity index (χ3v) is 2.42. The van der Waals surface area contributed by atoms with Gasteiger partial charge in [0, 0.05) is 13.1 Å². The normalized spacial score (nSPS) is 11.7. The summed E-state index contributed by atoms with van der Waals surface area (Å²) < 4.78 is 1.15. The van der Waals surface area contributed by atoms with E-state index in [1.807, 2.05) is 5.32 Å². The van der Waals surface area contributed by atoms with Crippen LogP contribution in [0, 0.1) is 10.1 Å². The number of aromatic nitrogens is 1. The van der Waals surface area contributed by atoms with Gasteiger partial charge in [-0.1, -0.05) is 0 Å². The largest absolute Gasteiger partial charge is 0.481 e. The molecule has 0 aromatic carbocycles. The van der Waals surface area contributed by atoms with Crippen molar-refractivity contribution < 1.29 is 29.5 Å². The molecule has 0 fully saturated rings. The number of nitrogens with one attached hydrogen (secondary N) is 1. The van der Waals surface area contributed by atoms with Crippen molar-refractivity contribution in [3.05, 3.63) is 28.1 Å². The van der Waals surface area contributed by atoms with E-state index in [0.717, 1.165) is 16.8 Å². The van der Waals surface area contributed by atoms with Crippen LogP contribution in [0.2, 0.25) is 0 Å². The van der Waals surface area contributed by atoms with Crippen molar-refractivity contribution in [1.29, 1.82) is 0 Å². The summed E-state index contributed by atoms with van der Waals surface area (Å²) in [5.41, 5.74) is -0.476. The zero-order chi connectivity index (χ0) is 15.4. The van der Waals surface area contributed by atoms with Gasteiger partial charge in [0.1, 0.15) is 11.7 Å². The number of hydrogen-bond acceptors (Lipinski definition) is 5. The summed E-state index contributed by atoms with van der Waals surface area (Å²) in [7, 11) is 1.37. The highest BCUT2D eigenvalue weighted by Gasteiger charge is 2.25. The van der Waals surface area contributed by atoms with Gasteiger partial charge in [-0.15, -0.1) is 0 Å². The number of carboxylic acid groups (broad SMARTS) is 2. The van der Waals surface area contributed by atoms with E-state index >= 15 is 0 Å². The lowest BCUT2D eigenvalue weighted by molar-refractivity contribution is -0.384. The molecule has 1 aromatic rings. The zero-order valence-corrected chi connectivity index (χ0v) is 10.3. The molecule has 0 aliphatic carbocycles. The molecular weight excluding hydrogens is 274 g/mol. The molecule has 0 aliphatic rings. The predicted molar refractivity (Wildman–Crippen MR) is 63.2 cm³/mol. The summed E-state index contributed by atoms with van der Waals surface area (Å²) in [6, 6.07) is -0.649. The standard InChI is InChI=1S/C10H11N3O7/c1-12-4-5(13(19)20)2-7(12)9(16)11-6(10(17)18)3-8(14)15/h2,4,6H,3H2,1H3,(H,11,16)(H,14,15)(H,17,18)/t6-/m1/s1. The third kappa shape index (κ3) is 3.54. The Labute approximate surface area is 111 Å². The molecule has 0 bridgehead atoms. The second-order valence-corrected chi connectivity index (χ2v) is 3.91. The molecule has 0 spiro atoms. The zero-order valence-electron chi connectivity index (χ0n) is 10.3. The van der Waals surface area contributed by atoms with Gasteiger partial charge in [-0.2, -0.15) is 0 Å². The van der Waals surface area contributed by atoms with Crippen LogP contribution < -0.4 is 5.32 Å². The molecule has 10 nitrogen and oxygen atoms in total. The van der Waals surface area contributed by atoms with Crippen molar-refractivity contribution in [1.82, 2.24) is 9.88 Å². The van der Waals surface area contributed by atoms with Gasteiger partial charge in [-0.25, -0.2) is 4.79 Å². The minimum atomic E-state index is -1.62. The Bertz CT molecular complexity index is 577. The van der Waals surface area contributed by atoms with Crippen molar-refractivity contribution in [3.8, 4) is 0 Å². The van der Waals surface area contributed by atoms with E-state index in [4.69, 9.17) is 10.2 Å². The van der Waals surface area contributed by atoms with Crippen LogP contribution in [-0.4, -0.2) is 43.6 Å². The number of aryl methyl sites for hydroxylation is 1. The van der Waals surface area contributed by atoms with E-state index in [1.165, 1.54) is 7.05 Å². The van der Waals surface area contributed by atoms with Gasteiger partial charge >= 0.3 is 11.9 Å². The molecule has 20 heavy (non-hydrogen) atoms. The van der Waals surface area contributed by atoms with E-state index in [2.05, 4.69) is 0 Å². The SMILES string of the molecule is Cn1cc([N+](=O)[O-])cc1C(=O)N[C@H](CC(=O)O)C(=O)O. The van der Waals surface area contributed by atoms with Crippen LogP contribution in [0.25, 0.3) is 0 Å². The lowest BCUT2D eigenvalue weighted by Gasteiger charge is -2.12. The minimum Gasteiger partial charge on any atom is -0.481 e. The summed E-state index contributed by atoms with van der Waals surface area (Å²) in [6.07, 6.45) is 0.287. The number of rotatable bonds is 6. The predicted octanol–water partition coefficient (Wildman–Crippen LogP) is -0.409. The first-order valence-corrected chi connectivity index (χ1v) is 5.28. The highest BCUT2D eigenvalue weighted by Crippen LogP contribution is 2.15. The second kappa shape index (κ2) is 5.82. The van der Waals surface area contributed by atoms with Crippen molar-refractivity contribution in [3.63, 3.8) is 0 Å². The molecule has 0 saturated carbocycles. The third-order valence-electron chi connectivity index (χ3n) is 2.42. The van der Waals surface area contributed by atoms with Crippen LogP contribution in [0.5, 0.6) is 0 Å². The molecule has 1 heterocycles. The van der Waals surface area contributed by atoms with Crippen LogP contribution in [-0.2, 0) is 16.6 Å². The summed E-state index contributed by atoms with van der Waals surface area (Å²) in [6.45, 7) is 0. The van der Waals surface area contributed by atoms with Gasteiger partial charge in [-0.05, 0) is 0 Å². The fourth-order valence-electron chi connectivity index (χ4n) is 1.48. The van der Waals surface area contributed by atoms with Crippen LogP contribution in [0.3, 0.4) is 0 Å². The Morgan fingerprint density at radius 1 is 1.45 bits per heavy atom. The van der Waals surface area contributed by atoms with Gasteiger partial charge in [0.05, 0.1) is 17.5 Å². The Kier molecular flexibility index (Phi) is 4.41. The first kappa shape index (κ1) is 15.1. The number of carbonyl (C=O) groups excluding carboxylic acids is 1. The average molecular weight is 285 g/mol. The maximum Gasteiger partial charge on any atom is 0.326 e. The molecule has 1 rings (SSSR count). The van der Waals surface area contributed by atoms with E-state index in [-0.39, 0.29) is 11.4 Å². The molecular formula is C10H11N3O7. The van der Waals surface area contributed by atoms with Crippen LogP contribution in [0.15, 0.2) is 12.3 Å². The summed E-state index contributed by atoms with van der Waals surface area (Å²) in [5.74, 6) is -3.81. The minimum absolute atomic E-state index is 0.145. The summed E-state index contributed by atoms with van der Waals surface area (Å²) >= 11 is 0. The van der Waals surface area contributed by atoms with Gasteiger partial charge in [0.25, 0.3) is 11.6 Å². The monoisotopic (exact) mass is 285 g/mol. The second-order valence-electron chi connectivity index (χ2n) is 3.91. The van der Waals surface area contributed by atoms with Crippen molar-refractivity contribution in [2.45, 2.75) is 12.5 Å². The average Bonchev–Trinajstić information content (AvgIpc) is 2.69. The number of carboxylic acids is 2. The molecule has 10 heteroatoms. The van der Waals surface area contributed by atoms with Gasteiger partial charge < -0.3 is 20.1 Å². The molecule has 0 radical (unpaired) electrons. The van der Waals surface area contributed by atoms with E-state index in [9.17, 15) is 24.5 Å². The molecule has 3 N–H and O–H groups in total. The molecule has 1 atom stereocenters. The molecule has 0 aliphatic heterocycles. The lowest BCUT2D eigenvalue weighted by Crippen LogP contribution is -2.42. The topological polar surface area (TPSA) is 152 Å². The first-order chi connectivity index (χ1) is 9.22. The fraction of sp³-hybridized carbons (Fsp3) is 0.300. The Balaban J connectivity index is 2.91. The molecule has 0 unspecified atom stereocenters. The summed E-state index contributed by atoms with van der Waals surface area (Å²) in [5, 5.41) is 29.9. The number of amides is 1. The van der Waals surface area contributed by atoms with Crippen LogP contribution in [0.4, 0.5) is 5.69 Å². The smallest absolute Gasteiger partial charge is 0.326 e. The number of aliphatic carboxylic acids is 2. The highest BCUT2D eigenvalue weighted by atomic mass is 16.6. The maximum absolute atomic E-state index is 11.8.